The molecule has 2 rings (SSSR count). The first-order chi connectivity index (χ1) is 7.72. The van der Waals surface area contributed by atoms with Gasteiger partial charge in [-0.05, 0) is 29.8 Å². The summed E-state index contributed by atoms with van der Waals surface area (Å²) in [6.45, 7) is 0. The van der Waals surface area contributed by atoms with E-state index in [9.17, 15) is 4.79 Å². The molecule has 0 spiro atoms. The summed E-state index contributed by atoms with van der Waals surface area (Å²) < 4.78 is 2.19. The molecule has 0 unspecified atom stereocenters. The van der Waals surface area contributed by atoms with Crippen molar-refractivity contribution in [2.75, 3.05) is 7.11 Å². The number of nitrogens with zero attached hydrogens (tertiary/aromatic N) is 1. The van der Waals surface area contributed by atoms with Crippen molar-refractivity contribution in [2.45, 2.75) is 0 Å². The third kappa shape index (κ3) is 2.02. The first-order valence-corrected chi connectivity index (χ1v) is 5.54. The van der Waals surface area contributed by atoms with Gasteiger partial charge in [0.2, 0.25) is 0 Å². The van der Waals surface area contributed by atoms with Crippen LogP contribution in [0, 0.1) is 0 Å². The number of benzene rings is 1. The first kappa shape index (κ1) is 11.0. The molecule has 0 fully saturated rings. The van der Waals surface area contributed by atoms with Gasteiger partial charge in [-0.3, -0.25) is 4.79 Å². The number of pyridine rings is 1. The van der Waals surface area contributed by atoms with Crippen LogP contribution in [0.15, 0.2) is 51.9 Å². The van der Waals surface area contributed by atoms with E-state index in [4.69, 9.17) is 4.84 Å². The summed E-state index contributed by atoms with van der Waals surface area (Å²) in [5.74, 6) is 0. The molecule has 82 valence electrons. The zero-order valence-electron chi connectivity index (χ0n) is 8.68. The number of hydrogen-bond donors (Lipinski definition) is 0. The second-order valence-electron chi connectivity index (χ2n) is 3.24. The lowest BCUT2D eigenvalue weighted by molar-refractivity contribution is 0.157. The van der Waals surface area contributed by atoms with Gasteiger partial charge in [-0.25, -0.2) is 0 Å². The topological polar surface area (TPSA) is 31.2 Å². The minimum absolute atomic E-state index is 0.160. The lowest BCUT2D eigenvalue weighted by atomic mass is 10.1. The molecular formula is C12H10BrNO2. The van der Waals surface area contributed by atoms with Crippen LogP contribution in [-0.4, -0.2) is 11.8 Å². The lowest BCUT2D eigenvalue weighted by Crippen LogP contribution is -2.24. The maximum atomic E-state index is 11.9. The quantitative estimate of drug-likeness (QED) is 0.845. The molecule has 1 aromatic heterocycles. The minimum Gasteiger partial charge on any atom is -0.414 e. The number of rotatable bonds is 2. The minimum atomic E-state index is -0.160. The van der Waals surface area contributed by atoms with Gasteiger partial charge < -0.3 is 4.84 Å². The van der Waals surface area contributed by atoms with Gasteiger partial charge in [0.05, 0.1) is 5.56 Å². The normalized spacial score (nSPS) is 10.1. The van der Waals surface area contributed by atoms with Gasteiger partial charge in [0.15, 0.2) is 0 Å². The molecule has 0 aliphatic carbocycles. The van der Waals surface area contributed by atoms with Gasteiger partial charge in [0.1, 0.15) is 7.11 Å². The molecule has 4 heteroatoms. The van der Waals surface area contributed by atoms with Crippen molar-refractivity contribution in [2.24, 2.45) is 0 Å². The van der Waals surface area contributed by atoms with Crippen molar-refractivity contribution >= 4 is 15.9 Å². The molecule has 0 saturated heterocycles. The maximum Gasteiger partial charge on any atom is 0.290 e. The van der Waals surface area contributed by atoms with E-state index in [0.29, 0.717) is 5.56 Å². The average Bonchev–Trinajstić information content (AvgIpc) is 2.31. The van der Waals surface area contributed by atoms with Crippen LogP contribution < -0.4 is 10.4 Å². The Hall–Kier alpha value is -1.55. The van der Waals surface area contributed by atoms with Gasteiger partial charge in [-0.1, -0.05) is 28.1 Å². The van der Waals surface area contributed by atoms with Gasteiger partial charge in [0.25, 0.3) is 5.56 Å². The predicted molar refractivity (Wildman–Crippen MR) is 66.3 cm³/mol. The molecule has 1 aromatic carbocycles. The van der Waals surface area contributed by atoms with Crippen LogP contribution in [0.4, 0.5) is 0 Å². The van der Waals surface area contributed by atoms with Gasteiger partial charge >= 0.3 is 0 Å². The lowest BCUT2D eigenvalue weighted by Gasteiger charge is -2.05. The fourth-order valence-electron chi connectivity index (χ4n) is 1.47. The van der Waals surface area contributed by atoms with E-state index in [0.717, 1.165) is 10.0 Å². The van der Waals surface area contributed by atoms with E-state index in [1.165, 1.54) is 11.8 Å². The van der Waals surface area contributed by atoms with Crippen LogP contribution in [0.5, 0.6) is 0 Å². The molecule has 0 N–H and O–H groups in total. The highest BCUT2D eigenvalue weighted by Gasteiger charge is 2.05. The molecule has 0 aliphatic rings. The summed E-state index contributed by atoms with van der Waals surface area (Å²) >= 11 is 3.36. The van der Waals surface area contributed by atoms with Gasteiger partial charge in [0, 0.05) is 10.7 Å². The Balaban J connectivity index is 2.56. The largest absolute Gasteiger partial charge is 0.414 e. The van der Waals surface area contributed by atoms with Crippen LogP contribution in [0.3, 0.4) is 0 Å². The van der Waals surface area contributed by atoms with E-state index >= 15 is 0 Å². The summed E-state index contributed by atoms with van der Waals surface area (Å²) in [6.07, 6.45) is 1.59. The Kier molecular flexibility index (Phi) is 3.10. The smallest absolute Gasteiger partial charge is 0.290 e. The van der Waals surface area contributed by atoms with Crippen LogP contribution in [0.1, 0.15) is 0 Å². The highest BCUT2D eigenvalue weighted by atomic mass is 79.9. The second-order valence-corrected chi connectivity index (χ2v) is 4.16. The maximum absolute atomic E-state index is 11.9. The van der Waals surface area contributed by atoms with E-state index in [1.54, 1.807) is 18.3 Å². The van der Waals surface area contributed by atoms with Crippen molar-refractivity contribution in [3.05, 3.63) is 57.4 Å². The van der Waals surface area contributed by atoms with Gasteiger partial charge in [-0.15, -0.1) is 0 Å². The molecule has 0 atom stereocenters. The van der Waals surface area contributed by atoms with E-state index in [1.807, 2.05) is 24.3 Å². The van der Waals surface area contributed by atoms with Crippen molar-refractivity contribution < 1.29 is 4.84 Å². The highest BCUT2D eigenvalue weighted by molar-refractivity contribution is 9.10. The summed E-state index contributed by atoms with van der Waals surface area (Å²) in [4.78, 5) is 16.8. The molecular weight excluding hydrogens is 270 g/mol. The number of halogens is 1. The highest BCUT2D eigenvalue weighted by Crippen LogP contribution is 2.18. The number of aromatic nitrogens is 1. The van der Waals surface area contributed by atoms with Crippen molar-refractivity contribution in [3.63, 3.8) is 0 Å². The van der Waals surface area contributed by atoms with Crippen LogP contribution in [0.2, 0.25) is 0 Å². The molecule has 3 nitrogen and oxygen atoms in total. The zero-order chi connectivity index (χ0) is 11.5. The van der Waals surface area contributed by atoms with E-state index < -0.39 is 0 Å². The Morgan fingerprint density at radius 2 is 1.88 bits per heavy atom. The zero-order valence-corrected chi connectivity index (χ0v) is 10.3. The molecule has 0 amide bonds. The molecule has 16 heavy (non-hydrogen) atoms. The first-order valence-electron chi connectivity index (χ1n) is 4.74. The van der Waals surface area contributed by atoms with Crippen LogP contribution in [-0.2, 0) is 0 Å². The fraction of sp³-hybridized carbons (Fsp3) is 0.0833. The van der Waals surface area contributed by atoms with E-state index in [2.05, 4.69) is 15.9 Å². The van der Waals surface area contributed by atoms with Crippen LogP contribution >= 0.6 is 15.9 Å². The molecule has 0 saturated carbocycles. The summed E-state index contributed by atoms with van der Waals surface area (Å²) in [7, 11) is 1.47. The summed E-state index contributed by atoms with van der Waals surface area (Å²) in [5.41, 5.74) is 1.34. The molecule has 0 radical (unpaired) electrons. The Labute approximate surface area is 101 Å². The van der Waals surface area contributed by atoms with Crippen LogP contribution in [0.25, 0.3) is 11.1 Å². The molecule has 2 aromatic rings. The molecule has 0 aliphatic heterocycles. The second kappa shape index (κ2) is 4.53. The third-order valence-electron chi connectivity index (χ3n) is 2.27. The Morgan fingerprint density at radius 3 is 2.50 bits per heavy atom. The fourth-order valence-corrected chi connectivity index (χ4v) is 1.73. The van der Waals surface area contributed by atoms with Crippen molar-refractivity contribution in [1.29, 1.82) is 0 Å². The molecule has 0 bridgehead atoms. The summed E-state index contributed by atoms with van der Waals surface area (Å²) in [6, 6.07) is 11.1. The standard InChI is InChI=1S/C12H10BrNO2/c1-16-14-8-2-3-11(12(14)15)9-4-6-10(13)7-5-9/h2-8H,1H3. The van der Waals surface area contributed by atoms with E-state index in [-0.39, 0.29) is 5.56 Å². The van der Waals surface area contributed by atoms with Crippen molar-refractivity contribution in [3.8, 4) is 11.1 Å². The summed E-state index contributed by atoms with van der Waals surface area (Å²) in [5, 5.41) is 0. The molecule has 1 heterocycles. The SMILES string of the molecule is COn1cccc(-c2ccc(Br)cc2)c1=O. The number of hydrogen-bond acceptors (Lipinski definition) is 2. The Bertz CT molecular complexity index is 546. The third-order valence-corrected chi connectivity index (χ3v) is 2.80. The monoisotopic (exact) mass is 279 g/mol. The predicted octanol–water partition coefficient (Wildman–Crippen LogP) is 2.34. The average molecular weight is 280 g/mol. The van der Waals surface area contributed by atoms with Crippen molar-refractivity contribution in [1.82, 2.24) is 4.73 Å². The Morgan fingerprint density at radius 1 is 1.19 bits per heavy atom. The van der Waals surface area contributed by atoms with Gasteiger partial charge in [-0.2, -0.15) is 4.73 Å².